The van der Waals surface area contributed by atoms with Crippen LogP contribution in [0.5, 0.6) is 23.4 Å². The molecule has 5 rings (SSSR count). The third-order valence-corrected chi connectivity index (χ3v) is 6.47. The van der Waals surface area contributed by atoms with Gasteiger partial charge in [0.05, 0.1) is 11.6 Å². The van der Waals surface area contributed by atoms with Crippen LogP contribution in [0.2, 0.25) is 15.1 Å². The van der Waals surface area contributed by atoms with Gasteiger partial charge in [-0.1, -0.05) is 53.0 Å². The average Bonchev–Trinajstić information content (AvgIpc) is 3.23. The van der Waals surface area contributed by atoms with Crippen LogP contribution in [0.1, 0.15) is 5.56 Å². The Labute approximate surface area is 225 Å². The van der Waals surface area contributed by atoms with Gasteiger partial charge in [0.1, 0.15) is 16.5 Å². The van der Waals surface area contributed by atoms with E-state index in [1.54, 1.807) is 41.9 Å². The smallest absolute Gasteiger partial charge is 0.332 e. The van der Waals surface area contributed by atoms with E-state index in [-0.39, 0.29) is 34.6 Å². The number of hydrogen-bond acceptors (Lipinski definition) is 6. The van der Waals surface area contributed by atoms with Crippen molar-refractivity contribution in [3.63, 3.8) is 0 Å². The molecule has 2 aromatic carbocycles. The topological polar surface area (TPSA) is 93.2 Å². The van der Waals surface area contributed by atoms with Crippen molar-refractivity contribution in [3.05, 3.63) is 102 Å². The summed E-state index contributed by atoms with van der Waals surface area (Å²) in [7, 11) is 2.96. The fraction of sp³-hybridized carbons (Fsp3) is 0.120. The quantitative estimate of drug-likeness (QED) is 0.276. The van der Waals surface area contributed by atoms with Gasteiger partial charge < -0.3 is 9.47 Å². The van der Waals surface area contributed by atoms with Gasteiger partial charge in [-0.3, -0.25) is 18.5 Å². The Balaban J connectivity index is 1.53. The van der Waals surface area contributed by atoms with Crippen LogP contribution in [0.3, 0.4) is 0 Å². The number of imidazole rings is 1. The van der Waals surface area contributed by atoms with Crippen molar-refractivity contribution >= 4 is 46.0 Å². The summed E-state index contributed by atoms with van der Waals surface area (Å²) in [4.78, 5) is 34.2. The molecule has 0 fully saturated rings. The lowest BCUT2D eigenvalue weighted by molar-refractivity contribution is 0.418. The number of aromatic nitrogens is 5. The van der Waals surface area contributed by atoms with Crippen molar-refractivity contribution in [2.75, 3.05) is 0 Å². The van der Waals surface area contributed by atoms with E-state index in [9.17, 15) is 9.59 Å². The predicted octanol–water partition coefficient (Wildman–Crippen LogP) is 5.42. The molecule has 0 unspecified atom stereocenters. The van der Waals surface area contributed by atoms with Gasteiger partial charge in [-0.25, -0.2) is 9.78 Å². The van der Waals surface area contributed by atoms with E-state index in [4.69, 9.17) is 44.3 Å². The number of halogens is 3. The minimum absolute atomic E-state index is 0.115. The molecule has 0 aliphatic heterocycles. The van der Waals surface area contributed by atoms with Gasteiger partial charge in [-0.05, 0) is 42.0 Å². The van der Waals surface area contributed by atoms with Crippen LogP contribution in [0, 0.1) is 0 Å². The number of ether oxygens (including phenoxy) is 2. The van der Waals surface area contributed by atoms with Crippen LogP contribution in [0.25, 0.3) is 11.2 Å². The highest BCUT2D eigenvalue weighted by atomic mass is 35.5. The van der Waals surface area contributed by atoms with E-state index >= 15 is 0 Å². The van der Waals surface area contributed by atoms with E-state index in [1.165, 1.54) is 23.9 Å². The zero-order chi connectivity index (χ0) is 26.3. The Bertz CT molecular complexity index is 1760. The second-order valence-corrected chi connectivity index (χ2v) is 9.32. The van der Waals surface area contributed by atoms with Crippen molar-refractivity contribution in [2.45, 2.75) is 6.54 Å². The van der Waals surface area contributed by atoms with Crippen molar-refractivity contribution in [3.8, 4) is 23.4 Å². The Kier molecular flexibility index (Phi) is 6.68. The lowest BCUT2D eigenvalue weighted by Crippen LogP contribution is -2.37. The first-order valence-corrected chi connectivity index (χ1v) is 12.0. The lowest BCUT2D eigenvalue weighted by atomic mass is 10.2. The second-order valence-electron chi connectivity index (χ2n) is 8.07. The van der Waals surface area contributed by atoms with Gasteiger partial charge >= 0.3 is 11.7 Å². The first kappa shape index (κ1) is 24.9. The third kappa shape index (κ3) is 4.81. The zero-order valence-electron chi connectivity index (χ0n) is 19.5. The second kappa shape index (κ2) is 9.93. The fourth-order valence-corrected chi connectivity index (χ4v) is 4.33. The molecular weight excluding hydrogens is 541 g/mol. The Morgan fingerprint density at radius 3 is 2.22 bits per heavy atom. The summed E-state index contributed by atoms with van der Waals surface area (Å²) in [6.07, 6.45) is 1.43. The van der Waals surface area contributed by atoms with E-state index in [0.717, 1.165) is 10.1 Å². The number of fused-ring (bicyclic) bond motifs is 1. The molecule has 0 aliphatic rings. The normalized spacial score (nSPS) is 11.2. The summed E-state index contributed by atoms with van der Waals surface area (Å²) >= 11 is 18.4. The first-order valence-electron chi connectivity index (χ1n) is 10.9. The minimum Gasteiger partial charge on any atom is -0.438 e. The SMILES string of the molecule is Cn1c(=O)c2c(nc(Oc3ccc(Oc4ncc(Cl)cc4Cl)cc3)n2Cc2ccccc2Cl)n(C)c1=O. The fourth-order valence-electron chi connectivity index (χ4n) is 3.72. The minimum atomic E-state index is -0.498. The van der Waals surface area contributed by atoms with Crippen molar-refractivity contribution in [1.29, 1.82) is 0 Å². The molecule has 0 amide bonds. The Morgan fingerprint density at radius 1 is 0.865 bits per heavy atom. The molecule has 0 bridgehead atoms. The molecule has 0 spiro atoms. The molecule has 188 valence electrons. The maximum Gasteiger partial charge on any atom is 0.332 e. The maximum absolute atomic E-state index is 13.1. The molecule has 0 saturated heterocycles. The van der Waals surface area contributed by atoms with Gasteiger partial charge in [-0.15, -0.1) is 0 Å². The van der Waals surface area contributed by atoms with E-state index in [2.05, 4.69) is 9.97 Å². The molecule has 0 atom stereocenters. The molecule has 37 heavy (non-hydrogen) atoms. The van der Waals surface area contributed by atoms with Crippen LogP contribution >= 0.6 is 34.8 Å². The summed E-state index contributed by atoms with van der Waals surface area (Å²) in [5, 5.41) is 1.19. The van der Waals surface area contributed by atoms with Crippen LogP contribution in [0.4, 0.5) is 0 Å². The van der Waals surface area contributed by atoms with Gasteiger partial charge in [0, 0.05) is 25.3 Å². The van der Waals surface area contributed by atoms with Crippen LogP contribution in [-0.2, 0) is 20.6 Å². The van der Waals surface area contributed by atoms with E-state index in [0.29, 0.717) is 21.5 Å². The zero-order valence-corrected chi connectivity index (χ0v) is 21.8. The molecule has 3 aromatic heterocycles. The van der Waals surface area contributed by atoms with Crippen LogP contribution in [-0.4, -0.2) is 23.7 Å². The molecular formula is C25H18Cl3N5O4. The maximum atomic E-state index is 13.1. The Morgan fingerprint density at radius 2 is 1.54 bits per heavy atom. The molecule has 0 radical (unpaired) electrons. The molecule has 5 aromatic rings. The molecule has 0 saturated carbocycles. The van der Waals surface area contributed by atoms with Crippen molar-refractivity contribution in [2.24, 2.45) is 14.1 Å². The lowest BCUT2D eigenvalue weighted by Gasteiger charge is -2.12. The molecule has 0 N–H and O–H groups in total. The number of rotatable bonds is 6. The number of aryl methyl sites for hydroxylation is 1. The highest BCUT2D eigenvalue weighted by Gasteiger charge is 2.21. The van der Waals surface area contributed by atoms with E-state index in [1.807, 2.05) is 18.2 Å². The van der Waals surface area contributed by atoms with Gasteiger partial charge in [-0.2, -0.15) is 4.98 Å². The van der Waals surface area contributed by atoms with E-state index < -0.39 is 11.2 Å². The van der Waals surface area contributed by atoms with Gasteiger partial charge in [0.15, 0.2) is 11.2 Å². The number of hydrogen-bond donors (Lipinski definition) is 0. The summed E-state index contributed by atoms with van der Waals surface area (Å²) in [5.74, 6) is 1.09. The van der Waals surface area contributed by atoms with Crippen LogP contribution in [0.15, 0.2) is 70.4 Å². The summed E-state index contributed by atoms with van der Waals surface area (Å²) < 4.78 is 15.7. The van der Waals surface area contributed by atoms with Gasteiger partial charge in [0.25, 0.3) is 5.56 Å². The monoisotopic (exact) mass is 557 g/mol. The molecule has 12 heteroatoms. The Hall–Kier alpha value is -3.79. The average molecular weight is 559 g/mol. The number of benzene rings is 2. The third-order valence-electron chi connectivity index (χ3n) is 5.62. The molecule has 0 aliphatic carbocycles. The van der Waals surface area contributed by atoms with Crippen molar-refractivity contribution in [1.82, 2.24) is 23.7 Å². The summed E-state index contributed by atoms with van der Waals surface area (Å²) in [5.41, 5.74) is 0.160. The number of pyridine rings is 1. The number of nitrogens with zero attached hydrogens (tertiary/aromatic N) is 5. The highest BCUT2D eigenvalue weighted by molar-refractivity contribution is 6.35. The summed E-state index contributed by atoms with van der Waals surface area (Å²) in [6, 6.07) is 15.6. The van der Waals surface area contributed by atoms with Crippen molar-refractivity contribution < 1.29 is 9.47 Å². The van der Waals surface area contributed by atoms with Crippen LogP contribution < -0.4 is 20.7 Å². The molecule has 9 nitrogen and oxygen atoms in total. The largest absolute Gasteiger partial charge is 0.438 e. The predicted molar refractivity (Wildman–Crippen MR) is 142 cm³/mol. The highest BCUT2D eigenvalue weighted by Crippen LogP contribution is 2.31. The van der Waals surface area contributed by atoms with Gasteiger partial charge in [0.2, 0.25) is 5.88 Å². The first-order chi connectivity index (χ1) is 17.7. The summed E-state index contributed by atoms with van der Waals surface area (Å²) in [6.45, 7) is 0.195. The molecule has 3 heterocycles. The standard InChI is InChI=1S/C25H18Cl3N5O4/c1-31-21-20(23(34)32(2)25(31)35)33(13-14-5-3-4-6-18(14)27)24(30-21)37-17-9-7-16(8-10-17)36-22-19(28)11-15(26)12-29-22/h3-12H,13H2,1-2H3.